The van der Waals surface area contributed by atoms with Crippen LogP contribution in [0.15, 0.2) is 36.5 Å². The lowest BCUT2D eigenvalue weighted by Crippen LogP contribution is -2.24. The highest BCUT2D eigenvalue weighted by Crippen LogP contribution is 2.24. The molecule has 0 aliphatic rings. The van der Waals surface area contributed by atoms with Crippen LogP contribution < -0.4 is 5.32 Å². The van der Waals surface area contributed by atoms with Gasteiger partial charge in [-0.15, -0.1) is 0 Å². The van der Waals surface area contributed by atoms with Crippen LogP contribution in [0.2, 0.25) is 5.02 Å². The summed E-state index contributed by atoms with van der Waals surface area (Å²) in [6.45, 7) is 7.28. The Labute approximate surface area is 126 Å². The molecule has 0 spiro atoms. The Bertz CT molecular complexity index is 581. The van der Waals surface area contributed by atoms with Gasteiger partial charge in [-0.2, -0.15) is 0 Å². The van der Waals surface area contributed by atoms with Crippen molar-refractivity contribution in [2.45, 2.75) is 33.2 Å². The zero-order chi connectivity index (χ0) is 14.5. The highest BCUT2D eigenvalue weighted by atomic mass is 35.5. The first kappa shape index (κ1) is 15.0. The second-order valence-corrected chi connectivity index (χ2v) is 5.52. The molecule has 2 nitrogen and oxygen atoms in total. The first-order chi connectivity index (χ1) is 9.61. The number of likely N-dealkylation sites (N-methyl/N-ethyl adjacent to an activating group) is 1. The number of benzene rings is 1. The van der Waals surface area contributed by atoms with Crippen LogP contribution in [-0.2, 0) is 6.42 Å². The Morgan fingerprint density at radius 3 is 2.65 bits per heavy atom. The molecule has 0 saturated carbocycles. The van der Waals surface area contributed by atoms with E-state index in [9.17, 15) is 0 Å². The summed E-state index contributed by atoms with van der Waals surface area (Å²) in [5, 5.41) is 4.34. The minimum absolute atomic E-state index is 0.269. The minimum Gasteiger partial charge on any atom is -0.310 e. The molecular weight excluding hydrogens is 268 g/mol. The van der Waals surface area contributed by atoms with Gasteiger partial charge in [-0.1, -0.05) is 30.7 Å². The summed E-state index contributed by atoms with van der Waals surface area (Å²) in [5.74, 6) is 0. The molecule has 1 atom stereocenters. The van der Waals surface area contributed by atoms with Crippen molar-refractivity contribution in [1.82, 2.24) is 10.3 Å². The Kier molecular flexibility index (Phi) is 5.16. The number of aryl methyl sites for hydroxylation is 2. The van der Waals surface area contributed by atoms with Crippen molar-refractivity contribution in [3.63, 3.8) is 0 Å². The number of nitrogens with zero attached hydrogens (tertiary/aromatic N) is 1. The Morgan fingerprint density at radius 1 is 1.20 bits per heavy atom. The monoisotopic (exact) mass is 288 g/mol. The largest absolute Gasteiger partial charge is 0.310 e. The van der Waals surface area contributed by atoms with Crippen molar-refractivity contribution >= 4 is 11.6 Å². The van der Waals surface area contributed by atoms with Crippen LogP contribution in [0, 0.1) is 13.8 Å². The van der Waals surface area contributed by atoms with Crippen molar-refractivity contribution in [3.05, 3.63) is 63.9 Å². The number of aromatic nitrogens is 1. The molecule has 0 fully saturated rings. The van der Waals surface area contributed by atoms with Gasteiger partial charge in [-0.05, 0) is 55.3 Å². The third kappa shape index (κ3) is 3.59. The number of nitrogens with one attached hydrogen (secondary N) is 1. The zero-order valence-corrected chi connectivity index (χ0v) is 13.0. The summed E-state index contributed by atoms with van der Waals surface area (Å²) < 4.78 is 0. The summed E-state index contributed by atoms with van der Waals surface area (Å²) >= 11 is 6.05. The van der Waals surface area contributed by atoms with E-state index in [1.807, 2.05) is 24.4 Å². The molecule has 1 N–H and O–H groups in total. The normalized spacial score (nSPS) is 12.4. The maximum Gasteiger partial charge on any atom is 0.0451 e. The van der Waals surface area contributed by atoms with E-state index in [1.165, 1.54) is 16.7 Å². The molecule has 106 valence electrons. The van der Waals surface area contributed by atoms with Gasteiger partial charge in [0.05, 0.1) is 0 Å². The van der Waals surface area contributed by atoms with Gasteiger partial charge in [-0.3, -0.25) is 4.98 Å². The van der Waals surface area contributed by atoms with Crippen molar-refractivity contribution in [2.75, 3.05) is 6.54 Å². The molecular formula is C17H21ClN2. The van der Waals surface area contributed by atoms with Crippen LogP contribution in [0.3, 0.4) is 0 Å². The van der Waals surface area contributed by atoms with E-state index < -0.39 is 0 Å². The predicted octanol–water partition coefficient (Wildman–Crippen LogP) is 4.25. The first-order valence-corrected chi connectivity index (χ1v) is 7.39. The molecule has 1 heterocycles. The van der Waals surface area contributed by atoms with Crippen molar-refractivity contribution in [2.24, 2.45) is 0 Å². The lowest BCUT2D eigenvalue weighted by Gasteiger charge is -2.21. The van der Waals surface area contributed by atoms with Gasteiger partial charge in [0.1, 0.15) is 0 Å². The molecule has 0 bridgehead atoms. The van der Waals surface area contributed by atoms with Gasteiger partial charge in [0.2, 0.25) is 0 Å². The SMILES string of the molecule is CCNC(Cc1ncccc1C)c1ccc(Cl)cc1C. The first-order valence-electron chi connectivity index (χ1n) is 7.01. The molecule has 20 heavy (non-hydrogen) atoms. The van der Waals surface area contributed by atoms with Gasteiger partial charge < -0.3 is 5.32 Å². The van der Waals surface area contributed by atoms with E-state index in [4.69, 9.17) is 11.6 Å². The topological polar surface area (TPSA) is 24.9 Å². The van der Waals surface area contributed by atoms with Gasteiger partial charge in [0.15, 0.2) is 0 Å². The molecule has 2 rings (SSSR count). The van der Waals surface area contributed by atoms with Crippen molar-refractivity contribution < 1.29 is 0 Å². The van der Waals surface area contributed by atoms with Crippen molar-refractivity contribution in [1.29, 1.82) is 0 Å². The molecule has 2 aromatic rings. The highest BCUT2D eigenvalue weighted by Gasteiger charge is 2.15. The van der Waals surface area contributed by atoms with Gasteiger partial charge in [-0.25, -0.2) is 0 Å². The predicted molar refractivity (Wildman–Crippen MR) is 85.3 cm³/mol. The number of halogens is 1. The lowest BCUT2D eigenvalue weighted by atomic mass is 9.96. The van der Waals surface area contributed by atoms with E-state index in [-0.39, 0.29) is 6.04 Å². The zero-order valence-electron chi connectivity index (χ0n) is 12.3. The van der Waals surface area contributed by atoms with Crippen molar-refractivity contribution in [3.8, 4) is 0 Å². The van der Waals surface area contributed by atoms with Crippen LogP contribution in [0.1, 0.15) is 35.3 Å². The van der Waals surface area contributed by atoms with Gasteiger partial charge in [0.25, 0.3) is 0 Å². The summed E-state index contributed by atoms with van der Waals surface area (Å²) in [6.07, 6.45) is 2.75. The van der Waals surface area contributed by atoms with Crippen LogP contribution in [0.4, 0.5) is 0 Å². The fourth-order valence-corrected chi connectivity index (χ4v) is 2.72. The summed E-state index contributed by atoms with van der Waals surface area (Å²) in [6, 6.07) is 10.5. The van der Waals surface area contributed by atoms with Crippen LogP contribution in [-0.4, -0.2) is 11.5 Å². The van der Waals surface area contributed by atoms with Crippen LogP contribution in [0.5, 0.6) is 0 Å². The molecule has 1 unspecified atom stereocenters. The average Bonchev–Trinajstić information content (AvgIpc) is 2.41. The molecule has 1 aromatic carbocycles. The quantitative estimate of drug-likeness (QED) is 0.890. The number of hydrogen-bond acceptors (Lipinski definition) is 2. The summed E-state index contributed by atoms with van der Waals surface area (Å²) in [5.41, 5.74) is 4.90. The number of rotatable bonds is 5. The fraction of sp³-hybridized carbons (Fsp3) is 0.353. The Hall–Kier alpha value is -1.38. The molecule has 0 aliphatic carbocycles. The smallest absolute Gasteiger partial charge is 0.0451 e. The van der Waals surface area contributed by atoms with E-state index in [0.29, 0.717) is 0 Å². The highest BCUT2D eigenvalue weighted by molar-refractivity contribution is 6.30. The second-order valence-electron chi connectivity index (χ2n) is 5.08. The van der Waals surface area contributed by atoms with E-state index in [0.717, 1.165) is 23.7 Å². The second kappa shape index (κ2) is 6.87. The molecule has 0 aliphatic heterocycles. The number of pyridine rings is 1. The van der Waals surface area contributed by atoms with Crippen LogP contribution >= 0.6 is 11.6 Å². The lowest BCUT2D eigenvalue weighted by molar-refractivity contribution is 0.540. The Balaban J connectivity index is 2.29. The van der Waals surface area contributed by atoms with E-state index in [2.05, 4.69) is 43.2 Å². The number of hydrogen-bond donors (Lipinski definition) is 1. The standard InChI is InChI=1S/C17H21ClN2/c1-4-19-17(11-16-12(2)6-5-9-20-16)15-8-7-14(18)10-13(15)3/h5-10,17,19H,4,11H2,1-3H3. The average molecular weight is 289 g/mol. The maximum absolute atomic E-state index is 6.05. The third-order valence-corrected chi connectivity index (χ3v) is 3.81. The minimum atomic E-state index is 0.269. The van der Waals surface area contributed by atoms with Gasteiger partial charge >= 0.3 is 0 Å². The van der Waals surface area contributed by atoms with E-state index in [1.54, 1.807) is 0 Å². The summed E-state index contributed by atoms with van der Waals surface area (Å²) in [7, 11) is 0. The summed E-state index contributed by atoms with van der Waals surface area (Å²) in [4.78, 5) is 4.51. The Morgan fingerprint density at radius 2 is 2.00 bits per heavy atom. The van der Waals surface area contributed by atoms with Gasteiger partial charge in [0, 0.05) is 29.4 Å². The molecule has 0 saturated heterocycles. The maximum atomic E-state index is 6.05. The molecule has 0 amide bonds. The molecule has 0 radical (unpaired) electrons. The van der Waals surface area contributed by atoms with Crippen LogP contribution in [0.25, 0.3) is 0 Å². The molecule has 3 heteroatoms. The third-order valence-electron chi connectivity index (χ3n) is 3.57. The van der Waals surface area contributed by atoms with E-state index >= 15 is 0 Å². The molecule has 1 aromatic heterocycles. The fourth-order valence-electron chi connectivity index (χ4n) is 2.49.